The third-order valence-electron chi connectivity index (χ3n) is 2.06. The van der Waals surface area contributed by atoms with E-state index >= 15 is 0 Å². The van der Waals surface area contributed by atoms with Crippen molar-refractivity contribution in [1.82, 2.24) is 15.1 Å². The fourth-order valence-corrected chi connectivity index (χ4v) is 1.25. The molecule has 0 bridgehead atoms. The number of aromatic carboxylic acids is 1. The number of carboxylic acids is 1. The second-order valence-electron chi connectivity index (χ2n) is 3.94. The smallest absolute Gasteiger partial charge is 0.354 e. The number of carbonyl (C=O) groups excluding carboxylic acids is 1. The van der Waals surface area contributed by atoms with E-state index in [1.807, 2.05) is 13.8 Å². The van der Waals surface area contributed by atoms with Crippen LogP contribution in [-0.4, -0.2) is 33.3 Å². The molecule has 6 heteroatoms. The summed E-state index contributed by atoms with van der Waals surface area (Å²) in [4.78, 5) is 22.6. The third-order valence-corrected chi connectivity index (χ3v) is 2.06. The molecule has 0 unspecified atom stereocenters. The van der Waals surface area contributed by atoms with Gasteiger partial charge in [-0.1, -0.05) is 13.8 Å². The molecule has 1 aromatic rings. The number of amides is 1. The number of carboxylic acid groups (broad SMARTS) is 1. The van der Waals surface area contributed by atoms with Gasteiger partial charge in [0.2, 0.25) is 0 Å². The quantitative estimate of drug-likeness (QED) is 0.781. The summed E-state index contributed by atoms with van der Waals surface area (Å²) in [6, 6.07) is 0. The van der Waals surface area contributed by atoms with Crippen molar-refractivity contribution in [1.29, 1.82) is 0 Å². The molecule has 0 aromatic carbocycles. The van der Waals surface area contributed by atoms with E-state index in [1.54, 1.807) is 0 Å². The van der Waals surface area contributed by atoms with E-state index in [-0.39, 0.29) is 11.3 Å². The highest BCUT2D eigenvalue weighted by molar-refractivity contribution is 6.03. The van der Waals surface area contributed by atoms with Crippen molar-refractivity contribution < 1.29 is 14.7 Å². The van der Waals surface area contributed by atoms with Crippen LogP contribution in [0.2, 0.25) is 0 Å². The average Bonchev–Trinajstić information content (AvgIpc) is 2.56. The largest absolute Gasteiger partial charge is 0.477 e. The normalized spacial score (nSPS) is 10.5. The summed E-state index contributed by atoms with van der Waals surface area (Å²) in [5.74, 6) is -1.25. The Bertz CT molecular complexity index is 409. The van der Waals surface area contributed by atoms with Gasteiger partial charge >= 0.3 is 5.97 Å². The minimum absolute atomic E-state index is 0.0932. The molecule has 1 heterocycles. The Labute approximate surface area is 93.3 Å². The molecule has 0 radical (unpaired) electrons. The molecule has 0 fully saturated rings. The van der Waals surface area contributed by atoms with Crippen molar-refractivity contribution >= 4 is 11.9 Å². The highest BCUT2D eigenvalue weighted by Gasteiger charge is 2.21. The van der Waals surface area contributed by atoms with E-state index in [0.717, 1.165) is 0 Å². The molecular formula is C10H15N3O3. The van der Waals surface area contributed by atoms with Crippen LogP contribution in [0.25, 0.3) is 0 Å². The molecule has 16 heavy (non-hydrogen) atoms. The molecule has 2 N–H and O–H groups in total. The Morgan fingerprint density at radius 2 is 2.19 bits per heavy atom. The number of nitrogens with one attached hydrogen (secondary N) is 1. The van der Waals surface area contributed by atoms with E-state index in [2.05, 4.69) is 10.4 Å². The lowest BCUT2D eigenvalue weighted by Crippen LogP contribution is -2.28. The fraction of sp³-hybridized carbons (Fsp3) is 0.500. The van der Waals surface area contributed by atoms with E-state index < -0.39 is 11.9 Å². The van der Waals surface area contributed by atoms with Crippen LogP contribution in [0.15, 0.2) is 6.20 Å². The third kappa shape index (κ3) is 2.59. The van der Waals surface area contributed by atoms with Crippen LogP contribution in [0.3, 0.4) is 0 Å². The molecule has 0 aliphatic rings. The number of nitrogens with zero attached hydrogens (tertiary/aromatic N) is 2. The van der Waals surface area contributed by atoms with Crippen molar-refractivity contribution in [2.45, 2.75) is 13.8 Å². The van der Waals surface area contributed by atoms with E-state index in [0.29, 0.717) is 12.5 Å². The van der Waals surface area contributed by atoms with Gasteiger partial charge < -0.3 is 10.4 Å². The molecule has 0 atom stereocenters. The van der Waals surface area contributed by atoms with Crippen LogP contribution < -0.4 is 5.32 Å². The van der Waals surface area contributed by atoms with Crippen LogP contribution >= 0.6 is 0 Å². The van der Waals surface area contributed by atoms with Crippen LogP contribution in [0.1, 0.15) is 34.7 Å². The standard InChI is InChI=1S/C10H15N3O3/c1-6(2)4-11-9(14)7-5-12-13(3)8(7)10(15)16/h5-6H,4H2,1-3H3,(H,11,14)(H,15,16). The topological polar surface area (TPSA) is 84.2 Å². The van der Waals surface area contributed by atoms with Crippen molar-refractivity contribution in [3.8, 4) is 0 Å². The van der Waals surface area contributed by atoms with Crippen LogP contribution in [-0.2, 0) is 7.05 Å². The zero-order valence-electron chi connectivity index (χ0n) is 9.52. The second kappa shape index (κ2) is 4.78. The maximum absolute atomic E-state index is 11.7. The van der Waals surface area contributed by atoms with Gasteiger partial charge in [0.25, 0.3) is 5.91 Å². The Morgan fingerprint density at radius 3 is 2.69 bits per heavy atom. The van der Waals surface area contributed by atoms with Gasteiger partial charge in [-0.25, -0.2) is 4.79 Å². The minimum atomic E-state index is -1.16. The van der Waals surface area contributed by atoms with Crippen molar-refractivity contribution in [2.24, 2.45) is 13.0 Å². The summed E-state index contributed by atoms with van der Waals surface area (Å²) in [5.41, 5.74) is -0.00286. The summed E-state index contributed by atoms with van der Waals surface area (Å²) < 4.78 is 1.17. The summed E-state index contributed by atoms with van der Waals surface area (Å²) in [5, 5.41) is 15.3. The predicted octanol–water partition coefficient (Wildman–Crippen LogP) is 0.504. The number of aryl methyl sites for hydroxylation is 1. The maximum Gasteiger partial charge on any atom is 0.354 e. The van der Waals surface area contributed by atoms with Gasteiger partial charge in [0, 0.05) is 13.6 Å². The van der Waals surface area contributed by atoms with Crippen LogP contribution in [0.4, 0.5) is 0 Å². The molecule has 1 aromatic heterocycles. The Balaban J connectivity index is 2.87. The van der Waals surface area contributed by atoms with Crippen molar-refractivity contribution in [2.75, 3.05) is 6.54 Å². The molecule has 1 amide bonds. The van der Waals surface area contributed by atoms with Crippen molar-refractivity contribution in [3.05, 3.63) is 17.5 Å². The second-order valence-corrected chi connectivity index (χ2v) is 3.94. The number of aromatic nitrogens is 2. The first kappa shape index (κ1) is 12.2. The predicted molar refractivity (Wildman–Crippen MR) is 57.3 cm³/mol. The highest BCUT2D eigenvalue weighted by atomic mass is 16.4. The first-order valence-electron chi connectivity index (χ1n) is 4.97. The van der Waals surface area contributed by atoms with Crippen molar-refractivity contribution in [3.63, 3.8) is 0 Å². The number of carbonyl (C=O) groups is 2. The average molecular weight is 225 g/mol. The molecule has 0 aliphatic heterocycles. The molecular weight excluding hydrogens is 210 g/mol. The molecule has 0 saturated heterocycles. The van der Waals surface area contributed by atoms with Gasteiger partial charge in [0.1, 0.15) is 0 Å². The number of rotatable bonds is 4. The fourth-order valence-electron chi connectivity index (χ4n) is 1.25. The summed E-state index contributed by atoms with van der Waals surface area (Å²) >= 11 is 0. The molecule has 6 nitrogen and oxygen atoms in total. The van der Waals surface area contributed by atoms with Gasteiger partial charge in [-0.05, 0) is 5.92 Å². The zero-order chi connectivity index (χ0) is 12.3. The SMILES string of the molecule is CC(C)CNC(=O)c1cnn(C)c1C(=O)O. The monoisotopic (exact) mass is 225 g/mol. The van der Waals surface area contributed by atoms with Crippen LogP contribution in [0, 0.1) is 5.92 Å². The zero-order valence-corrected chi connectivity index (χ0v) is 9.52. The minimum Gasteiger partial charge on any atom is -0.477 e. The summed E-state index contributed by atoms with van der Waals surface area (Å²) in [6.45, 7) is 4.43. The van der Waals surface area contributed by atoms with E-state index in [4.69, 9.17) is 5.11 Å². The molecule has 0 aliphatic carbocycles. The summed E-state index contributed by atoms with van der Waals surface area (Å²) in [6.07, 6.45) is 1.26. The van der Waals surface area contributed by atoms with Gasteiger partial charge in [-0.3, -0.25) is 9.48 Å². The molecule has 1 rings (SSSR count). The van der Waals surface area contributed by atoms with E-state index in [9.17, 15) is 9.59 Å². The Morgan fingerprint density at radius 1 is 1.56 bits per heavy atom. The first-order valence-corrected chi connectivity index (χ1v) is 4.97. The number of hydrogen-bond donors (Lipinski definition) is 2. The Kier molecular flexibility index (Phi) is 3.65. The van der Waals surface area contributed by atoms with Crippen LogP contribution in [0.5, 0.6) is 0 Å². The van der Waals surface area contributed by atoms with E-state index in [1.165, 1.54) is 17.9 Å². The highest BCUT2D eigenvalue weighted by Crippen LogP contribution is 2.07. The first-order chi connectivity index (χ1) is 7.43. The van der Waals surface area contributed by atoms with Gasteiger partial charge in [0.05, 0.1) is 11.8 Å². The molecule has 0 spiro atoms. The lowest BCUT2D eigenvalue weighted by atomic mass is 10.2. The lowest BCUT2D eigenvalue weighted by Gasteiger charge is -2.06. The van der Waals surface area contributed by atoms with Gasteiger partial charge in [-0.15, -0.1) is 0 Å². The lowest BCUT2D eigenvalue weighted by molar-refractivity contribution is 0.0679. The maximum atomic E-state index is 11.7. The summed E-state index contributed by atoms with van der Waals surface area (Å²) in [7, 11) is 1.49. The van der Waals surface area contributed by atoms with Gasteiger partial charge in [0.15, 0.2) is 5.69 Å². The molecule has 0 saturated carbocycles. The molecule has 88 valence electrons. The Hall–Kier alpha value is -1.85. The van der Waals surface area contributed by atoms with Gasteiger partial charge in [-0.2, -0.15) is 5.10 Å². The number of hydrogen-bond acceptors (Lipinski definition) is 3.